The van der Waals surface area contributed by atoms with Gasteiger partial charge in [0.25, 0.3) is 0 Å². The number of hydrogen-bond acceptors (Lipinski definition) is 3. The lowest BCUT2D eigenvalue weighted by molar-refractivity contribution is 0.577. The zero-order valence-corrected chi connectivity index (χ0v) is 10.5. The van der Waals surface area contributed by atoms with Gasteiger partial charge in [-0.3, -0.25) is 0 Å². The number of likely N-dealkylation sites (N-methyl/N-ethyl adjacent to an activating group) is 1. The van der Waals surface area contributed by atoms with Crippen LogP contribution in [0.25, 0.3) is 0 Å². The summed E-state index contributed by atoms with van der Waals surface area (Å²) in [6, 6.07) is 6.96. The maximum absolute atomic E-state index is 11.9. The van der Waals surface area contributed by atoms with Crippen molar-refractivity contribution in [3.05, 3.63) is 29.8 Å². The van der Waals surface area contributed by atoms with E-state index >= 15 is 0 Å². The lowest BCUT2D eigenvalue weighted by atomic mass is 10.2. The summed E-state index contributed by atoms with van der Waals surface area (Å²) in [5.41, 5.74) is 0.762. The molecule has 0 aromatic heterocycles. The molecule has 1 rings (SSSR count). The minimum atomic E-state index is -3.36. The van der Waals surface area contributed by atoms with Crippen molar-refractivity contribution in [1.82, 2.24) is 10.0 Å². The van der Waals surface area contributed by atoms with Gasteiger partial charge in [-0.1, -0.05) is 25.1 Å². The van der Waals surface area contributed by atoms with E-state index in [0.29, 0.717) is 18.0 Å². The van der Waals surface area contributed by atoms with E-state index in [9.17, 15) is 8.42 Å². The van der Waals surface area contributed by atoms with Crippen LogP contribution in [-0.2, 0) is 10.0 Å². The second kappa shape index (κ2) is 5.98. The molecule has 0 aliphatic heterocycles. The third-order valence-electron chi connectivity index (χ3n) is 2.23. The Kier molecular flexibility index (Phi) is 4.92. The van der Waals surface area contributed by atoms with E-state index in [4.69, 9.17) is 0 Å². The molecule has 0 unspecified atom stereocenters. The highest BCUT2D eigenvalue weighted by Crippen LogP contribution is 2.13. The van der Waals surface area contributed by atoms with E-state index < -0.39 is 10.0 Å². The fourth-order valence-corrected chi connectivity index (χ4v) is 2.66. The molecule has 0 aliphatic carbocycles. The molecule has 0 amide bonds. The average Bonchev–Trinajstić information content (AvgIpc) is 2.25. The fraction of sp³-hybridized carbons (Fsp3) is 0.455. The normalized spacial score (nSPS) is 11.6. The fourth-order valence-electron chi connectivity index (χ4n) is 1.39. The summed E-state index contributed by atoms with van der Waals surface area (Å²) < 4.78 is 26.3. The van der Waals surface area contributed by atoms with Crippen LogP contribution in [0.4, 0.5) is 0 Å². The topological polar surface area (TPSA) is 58.2 Å². The minimum absolute atomic E-state index is 0.353. The van der Waals surface area contributed by atoms with E-state index in [1.807, 2.05) is 13.0 Å². The summed E-state index contributed by atoms with van der Waals surface area (Å²) >= 11 is 0. The molecule has 0 spiro atoms. The Morgan fingerprint density at radius 1 is 1.19 bits per heavy atom. The van der Waals surface area contributed by atoms with Crippen LogP contribution in [0.1, 0.15) is 12.5 Å². The van der Waals surface area contributed by atoms with Crippen LogP contribution in [0.5, 0.6) is 0 Å². The number of nitrogens with one attached hydrogen (secondary N) is 2. The highest BCUT2D eigenvalue weighted by atomic mass is 32.2. The van der Waals surface area contributed by atoms with Crippen molar-refractivity contribution in [3.63, 3.8) is 0 Å². The second-order valence-electron chi connectivity index (χ2n) is 3.52. The standard InChI is InChI=1S/C11H18N2O2S/c1-3-12-8-9-13-16(14,15)11-7-5-4-6-10(11)2/h4-7,12-13H,3,8-9H2,1-2H3. The van der Waals surface area contributed by atoms with Crippen molar-refractivity contribution in [2.75, 3.05) is 19.6 Å². The third-order valence-corrected chi connectivity index (χ3v) is 3.85. The van der Waals surface area contributed by atoms with Gasteiger partial charge < -0.3 is 5.32 Å². The smallest absolute Gasteiger partial charge is 0.240 e. The lowest BCUT2D eigenvalue weighted by Gasteiger charge is -2.08. The lowest BCUT2D eigenvalue weighted by Crippen LogP contribution is -2.32. The third kappa shape index (κ3) is 3.59. The number of benzene rings is 1. The first-order chi connectivity index (χ1) is 7.58. The van der Waals surface area contributed by atoms with E-state index in [1.54, 1.807) is 25.1 Å². The van der Waals surface area contributed by atoms with Gasteiger partial charge in [0.1, 0.15) is 0 Å². The maximum Gasteiger partial charge on any atom is 0.240 e. The molecule has 1 aromatic carbocycles. The van der Waals surface area contributed by atoms with Gasteiger partial charge in [0.15, 0.2) is 0 Å². The van der Waals surface area contributed by atoms with Crippen molar-refractivity contribution in [2.24, 2.45) is 0 Å². The molecular weight excluding hydrogens is 224 g/mol. The molecule has 0 atom stereocenters. The summed E-state index contributed by atoms with van der Waals surface area (Å²) in [5, 5.41) is 3.06. The molecule has 0 saturated carbocycles. The Morgan fingerprint density at radius 2 is 1.88 bits per heavy atom. The van der Waals surface area contributed by atoms with Crippen LogP contribution in [0.2, 0.25) is 0 Å². The van der Waals surface area contributed by atoms with E-state index in [1.165, 1.54) is 0 Å². The van der Waals surface area contributed by atoms with Gasteiger partial charge >= 0.3 is 0 Å². The molecule has 0 heterocycles. The molecule has 1 aromatic rings. The Balaban J connectivity index is 2.68. The summed E-state index contributed by atoms with van der Waals surface area (Å²) in [6.45, 7) is 5.66. The zero-order valence-electron chi connectivity index (χ0n) is 9.66. The van der Waals surface area contributed by atoms with Crippen LogP contribution >= 0.6 is 0 Å². The molecule has 4 nitrogen and oxygen atoms in total. The van der Waals surface area contributed by atoms with Gasteiger partial charge in [-0.25, -0.2) is 13.1 Å². The predicted octanol–water partition coefficient (Wildman–Crippen LogP) is 0.883. The Labute approximate surface area is 97.1 Å². The number of rotatable bonds is 6. The molecule has 0 bridgehead atoms. The zero-order chi connectivity index (χ0) is 12.0. The van der Waals surface area contributed by atoms with Gasteiger partial charge in [0, 0.05) is 13.1 Å². The maximum atomic E-state index is 11.9. The first-order valence-corrected chi connectivity index (χ1v) is 6.82. The molecule has 0 radical (unpaired) electrons. The quantitative estimate of drug-likeness (QED) is 0.728. The summed E-state index contributed by atoms with van der Waals surface area (Å²) in [5.74, 6) is 0. The van der Waals surface area contributed by atoms with Crippen molar-refractivity contribution < 1.29 is 8.42 Å². The monoisotopic (exact) mass is 242 g/mol. The SMILES string of the molecule is CCNCCNS(=O)(=O)c1ccccc1C. The highest BCUT2D eigenvalue weighted by molar-refractivity contribution is 7.89. The molecule has 0 saturated heterocycles. The first kappa shape index (κ1) is 13.2. The molecule has 0 aliphatic rings. The Hall–Kier alpha value is -0.910. The second-order valence-corrected chi connectivity index (χ2v) is 5.25. The summed E-state index contributed by atoms with van der Waals surface area (Å²) in [4.78, 5) is 0.353. The molecule has 5 heteroatoms. The average molecular weight is 242 g/mol. The largest absolute Gasteiger partial charge is 0.316 e. The molecule has 0 fully saturated rings. The van der Waals surface area contributed by atoms with E-state index in [2.05, 4.69) is 10.0 Å². The molecular formula is C11H18N2O2S. The highest BCUT2D eigenvalue weighted by Gasteiger charge is 2.14. The predicted molar refractivity (Wildman–Crippen MR) is 64.9 cm³/mol. The van der Waals surface area contributed by atoms with Gasteiger partial charge in [-0.15, -0.1) is 0 Å². The van der Waals surface area contributed by atoms with Gasteiger partial charge in [-0.2, -0.15) is 0 Å². The number of sulfonamides is 1. The minimum Gasteiger partial charge on any atom is -0.316 e. The first-order valence-electron chi connectivity index (χ1n) is 5.34. The van der Waals surface area contributed by atoms with Gasteiger partial charge in [0.05, 0.1) is 4.90 Å². The van der Waals surface area contributed by atoms with Gasteiger partial charge in [0.2, 0.25) is 10.0 Å². The van der Waals surface area contributed by atoms with Crippen molar-refractivity contribution in [3.8, 4) is 0 Å². The van der Waals surface area contributed by atoms with E-state index in [-0.39, 0.29) is 0 Å². The number of aryl methyl sites for hydroxylation is 1. The van der Waals surface area contributed by atoms with Crippen molar-refractivity contribution in [1.29, 1.82) is 0 Å². The van der Waals surface area contributed by atoms with Crippen LogP contribution in [-0.4, -0.2) is 28.1 Å². The Morgan fingerprint density at radius 3 is 2.50 bits per heavy atom. The van der Waals surface area contributed by atoms with Crippen LogP contribution in [0, 0.1) is 6.92 Å². The van der Waals surface area contributed by atoms with Crippen LogP contribution in [0.15, 0.2) is 29.2 Å². The Bertz CT molecular complexity index is 429. The molecule has 90 valence electrons. The molecule has 16 heavy (non-hydrogen) atoms. The van der Waals surface area contributed by atoms with Crippen molar-refractivity contribution in [2.45, 2.75) is 18.7 Å². The van der Waals surface area contributed by atoms with E-state index in [0.717, 1.165) is 12.1 Å². The van der Waals surface area contributed by atoms with Crippen LogP contribution < -0.4 is 10.0 Å². The molecule has 2 N–H and O–H groups in total. The summed E-state index contributed by atoms with van der Waals surface area (Å²) in [7, 11) is -3.36. The summed E-state index contributed by atoms with van der Waals surface area (Å²) in [6.07, 6.45) is 0. The van der Waals surface area contributed by atoms with Gasteiger partial charge in [-0.05, 0) is 25.1 Å². The van der Waals surface area contributed by atoms with Crippen LogP contribution in [0.3, 0.4) is 0 Å². The number of hydrogen-bond donors (Lipinski definition) is 2. The van der Waals surface area contributed by atoms with Crippen molar-refractivity contribution >= 4 is 10.0 Å².